The van der Waals surface area contributed by atoms with Crippen LogP contribution in [0.2, 0.25) is 0 Å². The van der Waals surface area contributed by atoms with E-state index in [1.54, 1.807) is 12.6 Å². The zero-order valence-corrected chi connectivity index (χ0v) is 12.4. The van der Waals surface area contributed by atoms with Crippen LogP contribution < -0.4 is 5.32 Å². The Balaban J connectivity index is 1.96. The highest BCUT2D eigenvalue weighted by molar-refractivity contribution is 8.00. The van der Waals surface area contributed by atoms with E-state index in [4.69, 9.17) is 4.42 Å². The van der Waals surface area contributed by atoms with Gasteiger partial charge in [0.15, 0.2) is 5.16 Å². The van der Waals surface area contributed by atoms with E-state index in [2.05, 4.69) is 15.5 Å². The minimum Gasteiger partial charge on any atom is -0.467 e. The highest BCUT2D eigenvalue weighted by Crippen LogP contribution is 2.21. The van der Waals surface area contributed by atoms with Crippen LogP contribution in [0.4, 0.5) is 0 Å². The van der Waals surface area contributed by atoms with Crippen molar-refractivity contribution in [3.8, 4) is 0 Å². The fraction of sp³-hybridized carbons (Fsp3) is 0.462. The zero-order valence-electron chi connectivity index (χ0n) is 11.6. The summed E-state index contributed by atoms with van der Waals surface area (Å²) in [5.74, 6) is 0.846. The van der Waals surface area contributed by atoms with E-state index in [-0.39, 0.29) is 11.2 Å². The SMILES string of the molecule is CCCNC(=O)C(C)Sc1nncn1Cc1ccco1. The van der Waals surface area contributed by atoms with E-state index < -0.39 is 0 Å². The molecule has 0 aliphatic heterocycles. The third-order valence-electron chi connectivity index (χ3n) is 2.69. The Morgan fingerprint density at radius 2 is 2.45 bits per heavy atom. The Morgan fingerprint density at radius 1 is 1.60 bits per heavy atom. The fourth-order valence-electron chi connectivity index (χ4n) is 1.62. The second kappa shape index (κ2) is 7.14. The summed E-state index contributed by atoms with van der Waals surface area (Å²) in [6.45, 7) is 5.15. The molecule has 0 radical (unpaired) electrons. The van der Waals surface area contributed by atoms with Crippen molar-refractivity contribution in [3.63, 3.8) is 0 Å². The van der Waals surface area contributed by atoms with Crippen LogP contribution in [0.15, 0.2) is 34.3 Å². The molecule has 0 aliphatic rings. The number of nitrogens with zero attached hydrogens (tertiary/aromatic N) is 3. The van der Waals surface area contributed by atoms with Crippen molar-refractivity contribution in [3.05, 3.63) is 30.5 Å². The third kappa shape index (κ3) is 3.86. The molecule has 2 aromatic heterocycles. The quantitative estimate of drug-likeness (QED) is 0.790. The van der Waals surface area contributed by atoms with Crippen LogP contribution in [0, 0.1) is 0 Å². The molecule has 0 bridgehead atoms. The summed E-state index contributed by atoms with van der Waals surface area (Å²) in [4.78, 5) is 11.8. The van der Waals surface area contributed by atoms with Gasteiger partial charge < -0.3 is 14.3 Å². The van der Waals surface area contributed by atoms with Gasteiger partial charge in [-0.25, -0.2) is 0 Å². The Labute approximate surface area is 121 Å². The molecule has 0 aliphatic carbocycles. The second-order valence-electron chi connectivity index (χ2n) is 4.37. The van der Waals surface area contributed by atoms with Gasteiger partial charge in [0.05, 0.1) is 18.1 Å². The molecule has 20 heavy (non-hydrogen) atoms. The van der Waals surface area contributed by atoms with E-state index in [1.165, 1.54) is 11.8 Å². The minimum absolute atomic E-state index is 0.0180. The maximum atomic E-state index is 11.8. The van der Waals surface area contributed by atoms with Crippen molar-refractivity contribution in [1.29, 1.82) is 0 Å². The first-order chi connectivity index (χ1) is 9.70. The van der Waals surface area contributed by atoms with Gasteiger partial charge in [0.2, 0.25) is 5.91 Å². The highest BCUT2D eigenvalue weighted by Gasteiger charge is 2.17. The molecule has 7 heteroatoms. The normalized spacial score (nSPS) is 12.3. The van der Waals surface area contributed by atoms with Crippen LogP contribution in [0.5, 0.6) is 0 Å². The summed E-state index contributed by atoms with van der Waals surface area (Å²) in [5.41, 5.74) is 0. The van der Waals surface area contributed by atoms with Gasteiger partial charge in [-0.15, -0.1) is 10.2 Å². The maximum Gasteiger partial charge on any atom is 0.233 e. The lowest BCUT2D eigenvalue weighted by Gasteiger charge is -2.11. The standard InChI is InChI=1S/C13H18N4O2S/c1-3-6-14-12(18)10(2)20-13-16-15-9-17(13)8-11-5-4-7-19-11/h4-5,7,9-10H,3,6,8H2,1-2H3,(H,14,18). The van der Waals surface area contributed by atoms with Gasteiger partial charge in [-0.3, -0.25) is 4.79 Å². The number of aromatic nitrogens is 3. The van der Waals surface area contributed by atoms with Crippen molar-refractivity contribution in [1.82, 2.24) is 20.1 Å². The van der Waals surface area contributed by atoms with Crippen LogP contribution in [0.1, 0.15) is 26.0 Å². The molecule has 1 unspecified atom stereocenters. The molecule has 0 saturated carbocycles. The largest absolute Gasteiger partial charge is 0.467 e. The molecule has 108 valence electrons. The number of rotatable bonds is 7. The molecule has 1 amide bonds. The van der Waals surface area contributed by atoms with Crippen LogP contribution >= 0.6 is 11.8 Å². The molecule has 6 nitrogen and oxygen atoms in total. The van der Waals surface area contributed by atoms with Gasteiger partial charge in [0, 0.05) is 6.54 Å². The van der Waals surface area contributed by atoms with Crippen LogP contribution in [-0.4, -0.2) is 32.5 Å². The predicted octanol–water partition coefficient (Wildman–Crippen LogP) is 1.93. The molecule has 2 heterocycles. The number of nitrogens with one attached hydrogen (secondary N) is 1. The lowest BCUT2D eigenvalue weighted by Crippen LogP contribution is -2.31. The molecular weight excluding hydrogens is 276 g/mol. The van der Waals surface area contributed by atoms with Gasteiger partial charge in [-0.1, -0.05) is 18.7 Å². The number of carbonyl (C=O) groups is 1. The third-order valence-corrected chi connectivity index (χ3v) is 3.78. The molecule has 1 N–H and O–H groups in total. The first kappa shape index (κ1) is 14.6. The van der Waals surface area contributed by atoms with E-state index in [1.807, 2.05) is 30.5 Å². The van der Waals surface area contributed by atoms with Crippen LogP contribution in [0.25, 0.3) is 0 Å². The summed E-state index contributed by atoms with van der Waals surface area (Å²) >= 11 is 1.39. The number of carbonyl (C=O) groups excluding carboxylic acids is 1. The van der Waals surface area contributed by atoms with E-state index in [9.17, 15) is 4.79 Å². The molecule has 0 saturated heterocycles. The smallest absolute Gasteiger partial charge is 0.233 e. The number of hydrogen-bond acceptors (Lipinski definition) is 5. The van der Waals surface area contributed by atoms with Gasteiger partial charge in [-0.2, -0.15) is 0 Å². The Morgan fingerprint density at radius 3 is 3.15 bits per heavy atom. The summed E-state index contributed by atoms with van der Waals surface area (Å²) in [7, 11) is 0. The molecule has 0 spiro atoms. The average molecular weight is 294 g/mol. The molecular formula is C13H18N4O2S. The topological polar surface area (TPSA) is 73.0 Å². The predicted molar refractivity (Wildman–Crippen MR) is 76.5 cm³/mol. The average Bonchev–Trinajstić information content (AvgIpc) is 3.09. The molecule has 2 aromatic rings. The lowest BCUT2D eigenvalue weighted by molar-refractivity contribution is -0.120. The van der Waals surface area contributed by atoms with Gasteiger partial charge in [0.25, 0.3) is 0 Å². The molecule has 1 atom stereocenters. The first-order valence-corrected chi connectivity index (χ1v) is 7.43. The maximum absolute atomic E-state index is 11.8. The number of hydrogen-bond donors (Lipinski definition) is 1. The molecule has 0 fully saturated rings. The van der Waals surface area contributed by atoms with Crippen molar-refractivity contribution < 1.29 is 9.21 Å². The lowest BCUT2D eigenvalue weighted by atomic mass is 10.4. The van der Waals surface area contributed by atoms with Crippen LogP contribution in [-0.2, 0) is 11.3 Å². The van der Waals surface area contributed by atoms with Gasteiger partial charge in [-0.05, 0) is 25.5 Å². The summed E-state index contributed by atoms with van der Waals surface area (Å²) < 4.78 is 7.17. The Bertz CT molecular complexity index is 538. The van der Waals surface area contributed by atoms with Crippen LogP contribution in [0.3, 0.4) is 0 Å². The summed E-state index contributed by atoms with van der Waals surface area (Å²) in [6, 6.07) is 3.74. The number of amides is 1. The van der Waals surface area contributed by atoms with E-state index in [0.717, 1.165) is 12.2 Å². The summed E-state index contributed by atoms with van der Waals surface area (Å²) in [5, 5.41) is 11.3. The zero-order chi connectivity index (χ0) is 14.4. The Kier molecular flexibility index (Phi) is 5.23. The number of thioether (sulfide) groups is 1. The van der Waals surface area contributed by atoms with E-state index >= 15 is 0 Å². The first-order valence-electron chi connectivity index (χ1n) is 6.55. The van der Waals surface area contributed by atoms with Crippen molar-refractivity contribution in [2.24, 2.45) is 0 Å². The van der Waals surface area contributed by atoms with E-state index in [0.29, 0.717) is 18.2 Å². The monoisotopic (exact) mass is 294 g/mol. The molecule has 2 rings (SSSR count). The van der Waals surface area contributed by atoms with Crippen molar-refractivity contribution >= 4 is 17.7 Å². The highest BCUT2D eigenvalue weighted by atomic mass is 32.2. The molecule has 0 aromatic carbocycles. The van der Waals surface area contributed by atoms with Crippen molar-refractivity contribution in [2.75, 3.05) is 6.54 Å². The van der Waals surface area contributed by atoms with Gasteiger partial charge >= 0.3 is 0 Å². The van der Waals surface area contributed by atoms with Crippen molar-refractivity contribution in [2.45, 2.75) is 37.2 Å². The van der Waals surface area contributed by atoms with Gasteiger partial charge in [0.1, 0.15) is 12.1 Å². The Hall–Kier alpha value is -1.76. The minimum atomic E-state index is -0.207. The second-order valence-corrected chi connectivity index (χ2v) is 5.68. The summed E-state index contributed by atoms with van der Waals surface area (Å²) in [6.07, 6.45) is 4.20. The number of furan rings is 1. The fourth-order valence-corrected chi connectivity index (χ4v) is 2.47.